The Labute approximate surface area is 130 Å². The monoisotopic (exact) mass is 334 g/mol. The van der Waals surface area contributed by atoms with E-state index in [0.717, 1.165) is 19.3 Å². The molecular formula is C14H17F3N2O4. The average molecular weight is 334 g/mol. The van der Waals surface area contributed by atoms with Crippen molar-refractivity contribution in [2.75, 3.05) is 6.61 Å². The summed E-state index contributed by atoms with van der Waals surface area (Å²) in [5.41, 5.74) is -0.402. The molecule has 2 heterocycles. The van der Waals surface area contributed by atoms with Gasteiger partial charge in [-0.2, -0.15) is 18.2 Å². The second-order valence-corrected chi connectivity index (χ2v) is 5.83. The number of alkyl halides is 3. The van der Waals surface area contributed by atoms with Gasteiger partial charge in [0, 0.05) is 12.5 Å². The molecule has 1 aliphatic carbocycles. The van der Waals surface area contributed by atoms with E-state index >= 15 is 0 Å². The molecule has 1 aromatic heterocycles. The molecule has 0 bridgehead atoms. The predicted octanol–water partition coefficient (Wildman–Crippen LogP) is 2.40. The van der Waals surface area contributed by atoms with E-state index in [4.69, 9.17) is 19.6 Å². The van der Waals surface area contributed by atoms with E-state index in [0.29, 0.717) is 19.4 Å². The summed E-state index contributed by atoms with van der Waals surface area (Å²) in [6, 6.07) is 1.23. The molecular weight excluding hydrogens is 317 g/mol. The minimum absolute atomic E-state index is 0.123. The van der Waals surface area contributed by atoms with E-state index in [9.17, 15) is 13.2 Å². The summed E-state index contributed by atoms with van der Waals surface area (Å²) >= 11 is 0. The number of aliphatic hydroxyl groups excluding tert-OH is 1. The van der Waals surface area contributed by atoms with E-state index in [1.807, 2.05) is 0 Å². The summed E-state index contributed by atoms with van der Waals surface area (Å²) in [6.07, 6.45) is -1.38. The largest absolute Gasteiger partial charge is 0.474 e. The van der Waals surface area contributed by atoms with Gasteiger partial charge >= 0.3 is 6.18 Å². The minimum atomic E-state index is -4.69. The van der Waals surface area contributed by atoms with Gasteiger partial charge in [-0.25, -0.2) is 14.8 Å². The van der Waals surface area contributed by atoms with Crippen molar-refractivity contribution in [3.05, 3.63) is 17.6 Å². The number of nitrogens with zero attached hydrogens (tertiary/aromatic N) is 2. The van der Waals surface area contributed by atoms with Crippen LogP contribution in [0.2, 0.25) is 0 Å². The summed E-state index contributed by atoms with van der Waals surface area (Å²) in [5.74, 6) is -1.47. The molecule has 0 aromatic carbocycles. The van der Waals surface area contributed by atoms with Gasteiger partial charge in [0.2, 0.25) is 11.7 Å². The van der Waals surface area contributed by atoms with Crippen LogP contribution in [-0.4, -0.2) is 33.4 Å². The summed E-state index contributed by atoms with van der Waals surface area (Å²) in [5, 5.41) is 9.05. The lowest BCUT2D eigenvalue weighted by Gasteiger charge is -2.34. The number of halogens is 3. The highest BCUT2D eigenvalue weighted by atomic mass is 19.4. The summed E-state index contributed by atoms with van der Waals surface area (Å²) in [7, 11) is 0. The number of aliphatic hydroxyl groups is 1. The van der Waals surface area contributed by atoms with Crippen molar-refractivity contribution in [3.8, 4) is 5.88 Å². The van der Waals surface area contributed by atoms with Crippen LogP contribution < -0.4 is 4.74 Å². The number of hydrogen-bond acceptors (Lipinski definition) is 6. The van der Waals surface area contributed by atoms with Gasteiger partial charge in [0.15, 0.2) is 0 Å². The van der Waals surface area contributed by atoms with E-state index in [1.165, 1.54) is 6.07 Å². The maximum atomic E-state index is 12.8. The normalized spacial score (nSPS) is 28.3. The Morgan fingerprint density at radius 2 is 2.00 bits per heavy atom. The number of ether oxygens (including phenoxy) is 1. The molecule has 1 aliphatic heterocycles. The number of aromatic nitrogens is 2. The molecule has 23 heavy (non-hydrogen) atoms. The van der Waals surface area contributed by atoms with E-state index in [-0.39, 0.29) is 23.3 Å². The first kappa shape index (κ1) is 16.4. The van der Waals surface area contributed by atoms with Crippen molar-refractivity contribution < 1.29 is 32.8 Å². The molecule has 2 aliphatic rings. The van der Waals surface area contributed by atoms with Crippen LogP contribution in [0.5, 0.6) is 5.88 Å². The van der Waals surface area contributed by atoms with Gasteiger partial charge in [-0.3, -0.25) is 0 Å². The Morgan fingerprint density at radius 1 is 1.26 bits per heavy atom. The van der Waals surface area contributed by atoms with Crippen molar-refractivity contribution in [3.63, 3.8) is 0 Å². The molecule has 1 aromatic rings. The van der Waals surface area contributed by atoms with Crippen LogP contribution in [0.3, 0.4) is 0 Å². The Kier molecular flexibility index (Phi) is 4.43. The first-order valence-electron chi connectivity index (χ1n) is 7.43. The molecule has 0 amide bonds. The lowest BCUT2D eigenvalue weighted by molar-refractivity contribution is -0.316. The fourth-order valence-corrected chi connectivity index (χ4v) is 2.92. The topological polar surface area (TPSA) is 73.7 Å². The van der Waals surface area contributed by atoms with Crippen LogP contribution in [0.15, 0.2) is 6.07 Å². The third-order valence-corrected chi connectivity index (χ3v) is 4.18. The van der Waals surface area contributed by atoms with E-state index in [1.54, 1.807) is 0 Å². The summed E-state index contributed by atoms with van der Waals surface area (Å²) in [4.78, 5) is 17.0. The molecule has 128 valence electrons. The predicted molar refractivity (Wildman–Crippen MR) is 70.2 cm³/mol. The molecule has 0 atom stereocenters. The molecule has 0 unspecified atom stereocenters. The Balaban J connectivity index is 1.68. The Bertz CT molecular complexity index is 551. The minimum Gasteiger partial charge on any atom is -0.474 e. The molecule has 1 N–H and O–H groups in total. The summed E-state index contributed by atoms with van der Waals surface area (Å²) in [6.45, 7) is -0.0485. The fourth-order valence-electron chi connectivity index (χ4n) is 2.92. The highest BCUT2D eigenvalue weighted by molar-refractivity contribution is 5.17. The maximum Gasteiger partial charge on any atom is 0.451 e. The van der Waals surface area contributed by atoms with Crippen LogP contribution in [0.1, 0.15) is 43.6 Å². The highest BCUT2D eigenvalue weighted by Crippen LogP contribution is 2.39. The van der Waals surface area contributed by atoms with E-state index < -0.39 is 18.6 Å². The molecule has 1 saturated heterocycles. The van der Waals surface area contributed by atoms with Gasteiger partial charge in [-0.05, 0) is 25.7 Å². The molecule has 6 nitrogen and oxygen atoms in total. The van der Waals surface area contributed by atoms with Crippen LogP contribution in [0.4, 0.5) is 13.2 Å². The van der Waals surface area contributed by atoms with Gasteiger partial charge in [0.25, 0.3) is 0 Å². The smallest absolute Gasteiger partial charge is 0.451 e. The zero-order valence-corrected chi connectivity index (χ0v) is 12.3. The fraction of sp³-hybridized carbons (Fsp3) is 0.714. The molecule has 9 heteroatoms. The molecule has 3 rings (SSSR count). The molecule has 1 spiro atoms. The second-order valence-electron chi connectivity index (χ2n) is 5.83. The molecule has 1 saturated carbocycles. The SMILES string of the molecule is OCc1cc(OC2CCC3(CCOO3)CC2)nc(C(F)(F)F)n1. The van der Waals surface area contributed by atoms with Gasteiger partial charge in [0.05, 0.1) is 18.9 Å². The lowest BCUT2D eigenvalue weighted by atomic mass is 9.81. The summed E-state index contributed by atoms with van der Waals surface area (Å²) < 4.78 is 43.9. The van der Waals surface area contributed by atoms with Crippen molar-refractivity contribution in [2.45, 2.75) is 56.6 Å². The Hall–Kier alpha value is -1.45. The lowest BCUT2D eigenvalue weighted by Crippen LogP contribution is -2.37. The van der Waals surface area contributed by atoms with Crippen molar-refractivity contribution >= 4 is 0 Å². The standard InChI is InChI=1S/C14H17F3N2O4/c15-14(16,17)12-18-9(8-20)7-11(19-12)22-10-1-3-13(4-2-10)5-6-21-23-13/h7,10,20H,1-6,8H2. The van der Waals surface area contributed by atoms with E-state index in [2.05, 4.69) is 9.97 Å². The van der Waals surface area contributed by atoms with Crippen LogP contribution in [-0.2, 0) is 22.6 Å². The highest BCUT2D eigenvalue weighted by Gasteiger charge is 2.41. The van der Waals surface area contributed by atoms with Gasteiger partial charge in [0.1, 0.15) is 11.7 Å². The number of rotatable bonds is 3. The van der Waals surface area contributed by atoms with Gasteiger partial charge < -0.3 is 9.84 Å². The maximum absolute atomic E-state index is 12.8. The number of hydrogen-bond donors (Lipinski definition) is 1. The van der Waals surface area contributed by atoms with Gasteiger partial charge in [-0.15, -0.1) is 0 Å². The van der Waals surface area contributed by atoms with Crippen LogP contribution in [0.25, 0.3) is 0 Å². The first-order chi connectivity index (χ1) is 10.9. The quantitative estimate of drug-likeness (QED) is 0.856. The zero-order chi connectivity index (χ0) is 16.5. The van der Waals surface area contributed by atoms with Crippen molar-refractivity contribution in [2.24, 2.45) is 0 Å². The third kappa shape index (κ3) is 3.73. The van der Waals surface area contributed by atoms with Crippen molar-refractivity contribution in [1.29, 1.82) is 0 Å². The second kappa shape index (κ2) is 6.21. The third-order valence-electron chi connectivity index (χ3n) is 4.18. The Morgan fingerprint density at radius 3 is 2.57 bits per heavy atom. The molecule has 0 radical (unpaired) electrons. The van der Waals surface area contributed by atoms with Gasteiger partial charge in [-0.1, -0.05) is 0 Å². The van der Waals surface area contributed by atoms with Crippen LogP contribution >= 0.6 is 0 Å². The first-order valence-corrected chi connectivity index (χ1v) is 7.43. The van der Waals surface area contributed by atoms with Crippen molar-refractivity contribution in [1.82, 2.24) is 9.97 Å². The zero-order valence-electron chi connectivity index (χ0n) is 12.3. The van der Waals surface area contributed by atoms with Crippen LogP contribution in [0, 0.1) is 0 Å². The molecule has 2 fully saturated rings. The average Bonchev–Trinajstić information content (AvgIpc) is 2.97.